The van der Waals surface area contributed by atoms with E-state index in [0.29, 0.717) is 12.8 Å². The summed E-state index contributed by atoms with van der Waals surface area (Å²) in [6, 6.07) is 22.1. The van der Waals surface area contributed by atoms with Crippen LogP contribution in [0.2, 0.25) is 0 Å². The van der Waals surface area contributed by atoms with E-state index < -0.39 is 5.41 Å². The van der Waals surface area contributed by atoms with Crippen molar-refractivity contribution < 1.29 is 0 Å². The molecule has 0 radical (unpaired) electrons. The van der Waals surface area contributed by atoms with Crippen molar-refractivity contribution in [3.8, 4) is 12.1 Å². The Morgan fingerprint density at radius 1 is 1.00 bits per heavy atom. The molecule has 2 aromatic rings. The van der Waals surface area contributed by atoms with Crippen LogP contribution >= 0.6 is 0 Å². The van der Waals surface area contributed by atoms with Gasteiger partial charge in [-0.3, -0.25) is 0 Å². The highest BCUT2D eigenvalue weighted by Crippen LogP contribution is 2.33. The number of allylic oxidation sites excluding steroid dienone is 1. The summed E-state index contributed by atoms with van der Waals surface area (Å²) >= 11 is 0. The maximum atomic E-state index is 9.56. The van der Waals surface area contributed by atoms with Gasteiger partial charge < -0.3 is 0 Å². The summed E-state index contributed by atoms with van der Waals surface area (Å²) in [5.74, 6) is 0. The van der Waals surface area contributed by atoms with Gasteiger partial charge in [0.25, 0.3) is 0 Å². The normalized spacial score (nSPS) is 10.5. The Morgan fingerprint density at radius 3 is 2.14 bits per heavy atom. The highest BCUT2D eigenvalue weighted by atomic mass is 14.4. The van der Waals surface area contributed by atoms with Crippen LogP contribution in [0.15, 0.2) is 61.2 Å². The molecular formula is C20H18N2. The van der Waals surface area contributed by atoms with Gasteiger partial charge in [0.1, 0.15) is 0 Å². The number of hydrogen-bond acceptors (Lipinski definition) is 2. The second-order valence-electron chi connectivity index (χ2n) is 5.61. The lowest BCUT2D eigenvalue weighted by molar-refractivity contribution is 0.534. The maximum Gasteiger partial charge on any atom is 0.151 e. The number of hydrogen-bond donors (Lipinski definition) is 0. The van der Waals surface area contributed by atoms with E-state index in [1.165, 1.54) is 5.56 Å². The predicted molar refractivity (Wildman–Crippen MR) is 88.6 cm³/mol. The highest BCUT2D eigenvalue weighted by molar-refractivity contribution is 5.65. The summed E-state index contributed by atoms with van der Waals surface area (Å²) in [6.07, 6.45) is 0.754. The lowest BCUT2D eigenvalue weighted by atomic mass is 9.78. The Kier molecular flexibility index (Phi) is 4.77. The van der Waals surface area contributed by atoms with Crippen LogP contribution in [0.5, 0.6) is 0 Å². The molecule has 2 aromatic carbocycles. The van der Waals surface area contributed by atoms with Crippen molar-refractivity contribution in [2.75, 3.05) is 0 Å². The first-order valence-electron chi connectivity index (χ1n) is 7.20. The molecule has 108 valence electrons. The van der Waals surface area contributed by atoms with Gasteiger partial charge in [-0.25, -0.2) is 0 Å². The monoisotopic (exact) mass is 286 g/mol. The number of benzene rings is 2. The Bertz CT molecular complexity index is 714. The van der Waals surface area contributed by atoms with Crippen molar-refractivity contribution >= 4 is 5.57 Å². The minimum atomic E-state index is -1.08. The van der Waals surface area contributed by atoms with E-state index in [1.807, 2.05) is 61.5 Å². The molecule has 0 atom stereocenters. The van der Waals surface area contributed by atoms with E-state index in [2.05, 4.69) is 18.7 Å². The van der Waals surface area contributed by atoms with Gasteiger partial charge in [0.2, 0.25) is 0 Å². The quantitative estimate of drug-likeness (QED) is 0.801. The van der Waals surface area contributed by atoms with Crippen molar-refractivity contribution in [3.05, 3.63) is 77.9 Å². The molecule has 0 N–H and O–H groups in total. The van der Waals surface area contributed by atoms with Gasteiger partial charge in [-0.1, -0.05) is 66.7 Å². The van der Waals surface area contributed by atoms with Crippen molar-refractivity contribution in [3.63, 3.8) is 0 Å². The molecule has 0 bridgehead atoms. The first-order chi connectivity index (χ1) is 10.6. The molecule has 2 nitrogen and oxygen atoms in total. The predicted octanol–water partition coefficient (Wildman–Crippen LogP) is 4.67. The molecule has 0 heterocycles. The molecule has 0 aliphatic rings. The summed E-state index contributed by atoms with van der Waals surface area (Å²) in [7, 11) is 0. The molecule has 0 spiro atoms. The van der Waals surface area contributed by atoms with E-state index in [9.17, 15) is 10.5 Å². The van der Waals surface area contributed by atoms with Gasteiger partial charge >= 0.3 is 0 Å². The van der Waals surface area contributed by atoms with Crippen LogP contribution < -0.4 is 0 Å². The average molecular weight is 286 g/mol. The Hall–Kier alpha value is -2.84. The van der Waals surface area contributed by atoms with E-state index in [4.69, 9.17) is 0 Å². The van der Waals surface area contributed by atoms with Gasteiger partial charge in [0.15, 0.2) is 5.41 Å². The molecule has 0 saturated carbocycles. The van der Waals surface area contributed by atoms with Gasteiger partial charge in [0.05, 0.1) is 12.1 Å². The van der Waals surface area contributed by atoms with E-state index in [1.54, 1.807) is 0 Å². The largest absolute Gasteiger partial charge is 0.197 e. The zero-order valence-corrected chi connectivity index (χ0v) is 12.7. The molecule has 0 saturated heterocycles. The van der Waals surface area contributed by atoms with Crippen LogP contribution in [-0.4, -0.2) is 0 Å². The molecule has 0 unspecified atom stereocenters. The lowest BCUT2D eigenvalue weighted by Crippen LogP contribution is -2.20. The van der Waals surface area contributed by atoms with E-state index in [0.717, 1.165) is 16.7 Å². The van der Waals surface area contributed by atoms with Gasteiger partial charge in [-0.15, -0.1) is 0 Å². The first-order valence-corrected chi connectivity index (χ1v) is 7.20. The fraction of sp³-hybridized carbons (Fsp3) is 0.200. The van der Waals surface area contributed by atoms with Gasteiger partial charge in [0, 0.05) is 12.8 Å². The fourth-order valence-corrected chi connectivity index (χ4v) is 2.45. The molecule has 0 fully saturated rings. The third-order valence-corrected chi connectivity index (χ3v) is 3.75. The van der Waals surface area contributed by atoms with Gasteiger partial charge in [-0.05, 0) is 23.6 Å². The van der Waals surface area contributed by atoms with E-state index in [-0.39, 0.29) is 0 Å². The second-order valence-corrected chi connectivity index (χ2v) is 5.61. The number of aryl methyl sites for hydroxylation is 1. The van der Waals surface area contributed by atoms with Crippen molar-refractivity contribution in [2.24, 2.45) is 5.41 Å². The van der Waals surface area contributed by atoms with E-state index >= 15 is 0 Å². The molecule has 0 amide bonds. The summed E-state index contributed by atoms with van der Waals surface area (Å²) in [4.78, 5) is 0. The minimum Gasteiger partial charge on any atom is -0.197 e. The summed E-state index contributed by atoms with van der Waals surface area (Å²) < 4.78 is 0. The molecule has 0 aliphatic carbocycles. The van der Waals surface area contributed by atoms with Crippen LogP contribution in [0.1, 0.15) is 23.1 Å². The van der Waals surface area contributed by atoms with Crippen LogP contribution in [0.3, 0.4) is 0 Å². The zero-order valence-electron chi connectivity index (χ0n) is 12.7. The van der Waals surface area contributed by atoms with Gasteiger partial charge in [-0.2, -0.15) is 10.5 Å². The maximum absolute atomic E-state index is 9.56. The third-order valence-electron chi connectivity index (χ3n) is 3.75. The number of nitriles is 2. The molecule has 2 heteroatoms. The smallest absolute Gasteiger partial charge is 0.151 e. The van der Waals surface area contributed by atoms with Crippen molar-refractivity contribution in [2.45, 2.75) is 19.8 Å². The molecule has 0 aliphatic heterocycles. The molecule has 2 rings (SSSR count). The third kappa shape index (κ3) is 3.62. The highest BCUT2D eigenvalue weighted by Gasteiger charge is 2.31. The van der Waals surface area contributed by atoms with Crippen molar-refractivity contribution in [1.29, 1.82) is 10.5 Å². The average Bonchev–Trinajstić information content (AvgIpc) is 2.55. The standard InChI is InChI=1S/C20H18N2/c1-16-8-10-19(11-9-16)17(2)12-20(14-21,15-22)13-18-6-4-3-5-7-18/h3-11H,2,12-13H2,1H3. The molecule has 0 aromatic heterocycles. The van der Waals surface area contributed by atoms with Crippen LogP contribution in [0, 0.1) is 35.0 Å². The molecular weight excluding hydrogens is 268 g/mol. The summed E-state index contributed by atoms with van der Waals surface area (Å²) in [6.45, 7) is 6.10. The lowest BCUT2D eigenvalue weighted by Gasteiger charge is -2.20. The second kappa shape index (κ2) is 6.74. The van der Waals surface area contributed by atoms with Crippen LogP contribution in [0.4, 0.5) is 0 Å². The Balaban J connectivity index is 2.22. The first kappa shape index (κ1) is 15.5. The zero-order chi connectivity index (χ0) is 16.0. The fourth-order valence-electron chi connectivity index (χ4n) is 2.45. The van der Waals surface area contributed by atoms with Crippen LogP contribution in [0.25, 0.3) is 5.57 Å². The summed E-state index contributed by atoms with van der Waals surface area (Å²) in [5.41, 5.74) is 2.88. The topological polar surface area (TPSA) is 47.6 Å². The number of rotatable bonds is 5. The minimum absolute atomic E-state index is 0.345. The Labute approximate surface area is 132 Å². The SMILES string of the molecule is C=C(CC(C#N)(C#N)Cc1ccccc1)c1ccc(C)cc1. The van der Waals surface area contributed by atoms with Crippen molar-refractivity contribution in [1.82, 2.24) is 0 Å². The summed E-state index contributed by atoms with van der Waals surface area (Å²) in [5, 5.41) is 19.1. The molecule has 22 heavy (non-hydrogen) atoms. The number of nitrogens with zero attached hydrogens (tertiary/aromatic N) is 2. The Morgan fingerprint density at radius 2 is 1.59 bits per heavy atom. The van der Waals surface area contributed by atoms with Crippen LogP contribution in [-0.2, 0) is 6.42 Å².